The molecular weight excluding hydrogens is 310 g/mol. The zero-order valence-corrected chi connectivity index (χ0v) is 13.6. The summed E-state index contributed by atoms with van der Waals surface area (Å²) in [4.78, 5) is 0. The molecule has 21 heavy (non-hydrogen) atoms. The molecule has 2 unspecified atom stereocenters. The van der Waals surface area contributed by atoms with Gasteiger partial charge in [-0.15, -0.1) is 11.3 Å². The number of rotatable bonds is 7. The Morgan fingerprint density at radius 1 is 1.43 bits per heavy atom. The Hall–Kier alpha value is -1.15. The van der Waals surface area contributed by atoms with Gasteiger partial charge in [0.05, 0.1) is 24.2 Å². The molecule has 0 spiro atoms. The standard InChI is InChI=1S/C14H19NO4S2/c1-10-5-6-19-14(10)11(2)15-8-12(16)9-21(17,18)13-4-3-7-20-13/h3-7,11-12,15-16H,8-9H2,1-2H3. The lowest BCUT2D eigenvalue weighted by atomic mass is 10.2. The van der Waals surface area contributed by atoms with Gasteiger partial charge >= 0.3 is 0 Å². The molecule has 0 saturated heterocycles. The van der Waals surface area contributed by atoms with Crippen LogP contribution in [-0.4, -0.2) is 31.9 Å². The molecule has 7 heteroatoms. The summed E-state index contributed by atoms with van der Waals surface area (Å²) in [5.41, 5.74) is 1.02. The molecular formula is C14H19NO4S2. The first kappa shape index (κ1) is 16.2. The van der Waals surface area contributed by atoms with Crippen molar-refractivity contribution in [1.82, 2.24) is 5.32 Å². The molecule has 0 radical (unpaired) electrons. The molecule has 0 amide bonds. The van der Waals surface area contributed by atoms with Crippen molar-refractivity contribution >= 4 is 21.2 Å². The van der Waals surface area contributed by atoms with Gasteiger partial charge in [-0.25, -0.2) is 8.42 Å². The van der Waals surface area contributed by atoms with E-state index in [2.05, 4.69) is 5.32 Å². The predicted octanol–water partition coefficient (Wildman–Crippen LogP) is 2.13. The molecule has 0 aliphatic carbocycles. The minimum Gasteiger partial charge on any atom is -0.467 e. The van der Waals surface area contributed by atoms with Crippen LogP contribution < -0.4 is 5.32 Å². The minimum absolute atomic E-state index is 0.0842. The van der Waals surface area contributed by atoms with Gasteiger partial charge in [0, 0.05) is 6.54 Å². The molecule has 0 saturated carbocycles. The number of aliphatic hydroxyl groups is 1. The van der Waals surface area contributed by atoms with Gasteiger partial charge in [-0.2, -0.15) is 0 Å². The molecule has 116 valence electrons. The Kier molecular flexibility index (Phi) is 5.21. The predicted molar refractivity (Wildman–Crippen MR) is 82.2 cm³/mol. The van der Waals surface area contributed by atoms with E-state index in [0.29, 0.717) is 0 Å². The molecule has 0 aromatic carbocycles. The highest BCUT2D eigenvalue weighted by molar-refractivity contribution is 7.93. The average molecular weight is 329 g/mol. The fraction of sp³-hybridized carbons (Fsp3) is 0.429. The molecule has 2 heterocycles. The van der Waals surface area contributed by atoms with Crippen molar-refractivity contribution in [3.63, 3.8) is 0 Å². The normalized spacial score (nSPS) is 15.0. The van der Waals surface area contributed by atoms with Crippen LogP contribution in [-0.2, 0) is 9.84 Å². The highest BCUT2D eigenvalue weighted by Gasteiger charge is 2.21. The maximum atomic E-state index is 12.0. The van der Waals surface area contributed by atoms with Crippen molar-refractivity contribution in [2.45, 2.75) is 30.2 Å². The minimum atomic E-state index is -3.42. The highest BCUT2D eigenvalue weighted by atomic mass is 32.2. The lowest BCUT2D eigenvalue weighted by molar-refractivity contribution is 0.187. The molecule has 2 rings (SSSR count). The van der Waals surface area contributed by atoms with Crippen LogP contribution in [0.3, 0.4) is 0 Å². The molecule has 0 bridgehead atoms. The summed E-state index contributed by atoms with van der Waals surface area (Å²) in [5.74, 6) is 0.507. The Morgan fingerprint density at radius 2 is 2.19 bits per heavy atom. The Morgan fingerprint density at radius 3 is 2.76 bits per heavy atom. The molecule has 5 nitrogen and oxygen atoms in total. The first-order valence-electron chi connectivity index (χ1n) is 6.62. The largest absolute Gasteiger partial charge is 0.467 e. The molecule has 2 aromatic rings. The van der Waals surface area contributed by atoms with Gasteiger partial charge in [-0.1, -0.05) is 6.07 Å². The zero-order valence-electron chi connectivity index (χ0n) is 11.9. The number of furan rings is 1. The Balaban J connectivity index is 1.88. The van der Waals surface area contributed by atoms with E-state index in [1.165, 1.54) is 0 Å². The van der Waals surface area contributed by atoms with E-state index in [-0.39, 0.29) is 22.5 Å². The second-order valence-electron chi connectivity index (χ2n) is 4.97. The summed E-state index contributed by atoms with van der Waals surface area (Å²) in [6, 6.07) is 5.02. The van der Waals surface area contributed by atoms with E-state index in [1.807, 2.05) is 19.9 Å². The average Bonchev–Trinajstić information content (AvgIpc) is 3.06. The number of thiophene rings is 1. The van der Waals surface area contributed by atoms with E-state index in [4.69, 9.17) is 4.42 Å². The van der Waals surface area contributed by atoms with Crippen molar-refractivity contribution in [2.75, 3.05) is 12.3 Å². The highest BCUT2D eigenvalue weighted by Crippen LogP contribution is 2.19. The fourth-order valence-electron chi connectivity index (χ4n) is 2.07. The maximum Gasteiger partial charge on any atom is 0.190 e. The molecule has 2 N–H and O–H groups in total. The van der Waals surface area contributed by atoms with Gasteiger partial charge in [0.25, 0.3) is 0 Å². The Bertz CT molecular complexity index is 661. The van der Waals surface area contributed by atoms with E-state index in [1.54, 1.807) is 23.8 Å². The zero-order chi connectivity index (χ0) is 15.5. The van der Waals surface area contributed by atoms with Crippen LogP contribution in [0.4, 0.5) is 0 Å². The third kappa shape index (κ3) is 4.16. The topological polar surface area (TPSA) is 79.5 Å². The van der Waals surface area contributed by atoms with Crippen LogP contribution in [0.1, 0.15) is 24.3 Å². The van der Waals surface area contributed by atoms with Crippen LogP contribution in [0.25, 0.3) is 0 Å². The number of hydrogen-bond donors (Lipinski definition) is 2. The van der Waals surface area contributed by atoms with Crippen LogP contribution in [0, 0.1) is 6.92 Å². The second-order valence-corrected chi connectivity index (χ2v) is 8.17. The summed E-state index contributed by atoms with van der Waals surface area (Å²) < 4.78 is 29.7. The summed E-state index contributed by atoms with van der Waals surface area (Å²) in [5, 5.41) is 14.7. The van der Waals surface area contributed by atoms with E-state index in [0.717, 1.165) is 22.7 Å². The number of nitrogens with one attached hydrogen (secondary N) is 1. The van der Waals surface area contributed by atoms with Crippen molar-refractivity contribution in [3.05, 3.63) is 41.2 Å². The van der Waals surface area contributed by atoms with Gasteiger partial charge in [0.2, 0.25) is 0 Å². The fourth-order valence-corrected chi connectivity index (χ4v) is 4.55. The summed E-state index contributed by atoms with van der Waals surface area (Å²) in [6.07, 6.45) is 0.649. The molecule has 2 aromatic heterocycles. The number of sulfone groups is 1. The molecule has 0 aliphatic heterocycles. The maximum absolute atomic E-state index is 12.0. The summed E-state index contributed by atoms with van der Waals surface area (Å²) in [6.45, 7) is 4.03. The van der Waals surface area contributed by atoms with E-state index >= 15 is 0 Å². The van der Waals surface area contributed by atoms with Crippen LogP contribution >= 0.6 is 11.3 Å². The smallest absolute Gasteiger partial charge is 0.190 e. The van der Waals surface area contributed by atoms with Crippen molar-refractivity contribution in [3.8, 4) is 0 Å². The van der Waals surface area contributed by atoms with Crippen LogP contribution in [0.2, 0.25) is 0 Å². The monoisotopic (exact) mass is 329 g/mol. The summed E-state index contributed by atoms with van der Waals surface area (Å²) in [7, 11) is -3.42. The number of aliphatic hydroxyl groups excluding tert-OH is 1. The van der Waals surface area contributed by atoms with Gasteiger partial charge in [-0.05, 0) is 36.9 Å². The van der Waals surface area contributed by atoms with Crippen molar-refractivity contribution in [2.24, 2.45) is 0 Å². The van der Waals surface area contributed by atoms with Gasteiger partial charge in [-0.3, -0.25) is 0 Å². The molecule has 2 atom stereocenters. The third-order valence-electron chi connectivity index (χ3n) is 3.17. The number of aryl methyl sites for hydroxylation is 1. The van der Waals surface area contributed by atoms with E-state index in [9.17, 15) is 13.5 Å². The number of hydrogen-bond acceptors (Lipinski definition) is 6. The first-order valence-corrected chi connectivity index (χ1v) is 9.15. The SMILES string of the molecule is Cc1ccoc1C(C)NCC(O)CS(=O)(=O)c1cccs1. The summed E-state index contributed by atoms with van der Waals surface area (Å²) >= 11 is 1.16. The lowest BCUT2D eigenvalue weighted by Crippen LogP contribution is -2.33. The molecule has 0 fully saturated rings. The quantitative estimate of drug-likeness (QED) is 0.813. The van der Waals surface area contributed by atoms with Gasteiger partial charge in [0.15, 0.2) is 9.84 Å². The van der Waals surface area contributed by atoms with Crippen molar-refractivity contribution in [1.29, 1.82) is 0 Å². The van der Waals surface area contributed by atoms with Gasteiger partial charge in [0.1, 0.15) is 9.97 Å². The third-order valence-corrected chi connectivity index (χ3v) is 6.45. The lowest BCUT2D eigenvalue weighted by Gasteiger charge is -2.16. The van der Waals surface area contributed by atoms with Gasteiger partial charge < -0.3 is 14.8 Å². The van der Waals surface area contributed by atoms with E-state index < -0.39 is 15.9 Å². The Labute approximate surface area is 128 Å². The van der Waals surface area contributed by atoms with Crippen LogP contribution in [0.15, 0.2) is 38.5 Å². The molecule has 0 aliphatic rings. The van der Waals surface area contributed by atoms with Crippen molar-refractivity contribution < 1.29 is 17.9 Å². The van der Waals surface area contributed by atoms with Crippen LogP contribution in [0.5, 0.6) is 0 Å². The first-order chi connectivity index (χ1) is 9.90. The second kappa shape index (κ2) is 6.74.